The van der Waals surface area contributed by atoms with Crippen LogP contribution in [0.3, 0.4) is 0 Å². The molecule has 1 atom stereocenters. The fourth-order valence-corrected chi connectivity index (χ4v) is 6.69. The fourth-order valence-electron chi connectivity index (χ4n) is 4.77. The van der Waals surface area contributed by atoms with Crippen LogP contribution in [0.5, 0.6) is 11.5 Å². The molecule has 1 heterocycles. The van der Waals surface area contributed by atoms with Crippen LogP contribution in [-0.4, -0.2) is 47.0 Å². The highest BCUT2D eigenvalue weighted by Crippen LogP contribution is 2.42. The minimum absolute atomic E-state index is 0.0334. The van der Waals surface area contributed by atoms with E-state index in [0.717, 1.165) is 25.7 Å². The van der Waals surface area contributed by atoms with Gasteiger partial charge in [-0.3, -0.25) is 9.59 Å². The van der Waals surface area contributed by atoms with Crippen LogP contribution < -0.4 is 19.7 Å². The van der Waals surface area contributed by atoms with Crippen molar-refractivity contribution in [3.05, 3.63) is 48.0 Å². The molecule has 1 saturated carbocycles. The van der Waals surface area contributed by atoms with Crippen LogP contribution in [0.2, 0.25) is 0 Å². The van der Waals surface area contributed by atoms with Gasteiger partial charge >= 0.3 is 0 Å². The number of nitrogens with one attached hydrogen (secondary N) is 1. The van der Waals surface area contributed by atoms with Gasteiger partial charge in [0.05, 0.1) is 30.1 Å². The Kier molecular flexibility index (Phi) is 7.11. The largest absolute Gasteiger partial charge is 0.493 e. The number of methoxy groups -OCH3 is 2. The van der Waals surface area contributed by atoms with Gasteiger partial charge in [0.25, 0.3) is 0 Å². The predicted octanol–water partition coefficient (Wildman–Crippen LogP) is 3.40. The Morgan fingerprint density at radius 2 is 1.74 bits per heavy atom. The fraction of sp³-hybridized carbons (Fsp3) is 0.440. The number of sulfone groups is 1. The molecule has 0 radical (unpaired) electrons. The zero-order valence-corrected chi connectivity index (χ0v) is 20.3. The van der Waals surface area contributed by atoms with Gasteiger partial charge in [-0.2, -0.15) is 0 Å². The van der Waals surface area contributed by atoms with E-state index in [1.54, 1.807) is 36.4 Å². The maximum absolute atomic E-state index is 13.7. The minimum Gasteiger partial charge on any atom is -0.493 e. The van der Waals surface area contributed by atoms with Gasteiger partial charge in [0.15, 0.2) is 21.3 Å². The second-order valence-corrected chi connectivity index (χ2v) is 10.8. The van der Waals surface area contributed by atoms with Crippen LogP contribution in [0, 0.1) is 0 Å². The average Bonchev–Trinajstić information content (AvgIpc) is 2.93. The molecular weight excluding hydrogens is 456 g/mol. The second kappa shape index (κ2) is 10.0. The van der Waals surface area contributed by atoms with Gasteiger partial charge in [-0.25, -0.2) is 8.42 Å². The molecule has 1 aliphatic carbocycles. The summed E-state index contributed by atoms with van der Waals surface area (Å²) in [5.74, 6) is 0.137. The summed E-state index contributed by atoms with van der Waals surface area (Å²) in [6.45, 7) is -0.222. The first-order valence-corrected chi connectivity index (χ1v) is 13.0. The Hall–Kier alpha value is -3.07. The van der Waals surface area contributed by atoms with E-state index < -0.39 is 21.0 Å². The SMILES string of the molecule is COc1ccc(C2CC(=O)N(CC(=O)NC3CCCCC3)c3ccccc3S2(=O)=O)cc1OC. The number of anilines is 1. The molecule has 182 valence electrons. The molecule has 2 amide bonds. The summed E-state index contributed by atoms with van der Waals surface area (Å²) in [6, 6.07) is 11.3. The summed E-state index contributed by atoms with van der Waals surface area (Å²) in [6.07, 6.45) is 4.87. The lowest BCUT2D eigenvalue weighted by molar-refractivity contribution is -0.124. The average molecular weight is 487 g/mol. The highest BCUT2D eigenvalue weighted by Gasteiger charge is 2.40. The molecule has 2 aliphatic rings. The monoisotopic (exact) mass is 486 g/mol. The van der Waals surface area contributed by atoms with Crippen molar-refractivity contribution in [2.75, 3.05) is 25.7 Å². The first-order chi connectivity index (χ1) is 16.3. The van der Waals surface area contributed by atoms with E-state index in [2.05, 4.69) is 5.32 Å². The predicted molar refractivity (Wildman–Crippen MR) is 128 cm³/mol. The third-order valence-electron chi connectivity index (χ3n) is 6.55. The Morgan fingerprint density at radius 3 is 2.44 bits per heavy atom. The first-order valence-electron chi connectivity index (χ1n) is 11.5. The lowest BCUT2D eigenvalue weighted by Crippen LogP contribution is -2.45. The standard InChI is InChI=1S/C25H30N2O6S/c1-32-20-13-12-17(14-21(20)33-2)23-15-25(29)27(16-24(28)26-18-8-4-3-5-9-18)19-10-6-7-11-22(19)34(23,30)31/h6-7,10-14,18,23H,3-5,8-9,15-16H2,1-2H3,(H,26,28). The van der Waals surface area contributed by atoms with E-state index in [0.29, 0.717) is 17.1 Å². The van der Waals surface area contributed by atoms with Crippen molar-refractivity contribution < 1.29 is 27.5 Å². The third kappa shape index (κ3) is 4.75. The summed E-state index contributed by atoms with van der Waals surface area (Å²) >= 11 is 0. The first kappa shape index (κ1) is 24.1. The lowest BCUT2D eigenvalue weighted by Gasteiger charge is -2.26. The van der Waals surface area contributed by atoms with Gasteiger partial charge in [0.1, 0.15) is 6.54 Å². The van der Waals surface area contributed by atoms with E-state index in [-0.39, 0.29) is 35.5 Å². The van der Waals surface area contributed by atoms with Crippen LogP contribution in [0.15, 0.2) is 47.4 Å². The normalized spacial score (nSPS) is 20.2. The molecule has 1 aliphatic heterocycles. The van der Waals surface area contributed by atoms with Crippen molar-refractivity contribution in [2.45, 2.75) is 54.7 Å². The third-order valence-corrected chi connectivity index (χ3v) is 8.70. The van der Waals surface area contributed by atoms with E-state index >= 15 is 0 Å². The molecule has 9 heteroatoms. The second-order valence-electron chi connectivity index (χ2n) is 8.70. The molecular formula is C25H30N2O6S. The van der Waals surface area contributed by atoms with Gasteiger partial charge in [-0.15, -0.1) is 0 Å². The number of rotatable bonds is 6. The Morgan fingerprint density at radius 1 is 1.03 bits per heavy atom. The van der Waals surface area contributed by atoms with E-state index in [1.807, 2.05) is 0 Å². The van der Waals surface area contributed by atoms with Gasteiger partial charge in [0, 0.05) is 12.5 Å². The molecule has 0 aromatic heterocycles. The number of fused-ring (bicyclic) bond motifs is 1. The molecule has 0 saturated heterocycles. The van der Waals surface area contributed by atoms with E-state index in [4.69, 9.17) is 9.47 Å². The molecule has 0 spiro atoms. The Balaban J connectivity index is 1.68. The topological polar surface area (TPSA) is 102 Å². The molecule has 0 bridgehead atoms. The minimum atomic E-state index is -3.94. The summed E-state index contributed by atoms with van der Waals surface area (Å²) in [4.78, 5) is 27.5. The lowest BCUT2D eigenvalue weighted by atomic mass is 9.95. The van der Waals surface area contributed by atoms with Crippen LogP contribution >= 0.6 is 0 Å². The molecule has 1 N–H and O–H groups in total. The van der Waals surface area contributed by atoms with Crippen LogP contribution in [0.25, 0.3) is 0 Å². The number of hydrogen-bond donors (Lipinski definition) is 1. The molecule has 2 aromatic carbocycles. The number of carbonyl (C=O) groups is 2. The number of carbonyl (C=O) groups excluding carboxylic acids is 2. The van der Waals surface area contributed by atoms with Crippen LogP contribution in [0.4, 0.5) is 5.69 Å². The van der Waals surface area contributed by atoms with E-state index in [1.165, 1.54) is 31.6 Å². The molecule has 2 aromatic rings. The van der Waals surface area contributed by atoms with Gasteiger partial charge in [0.2, 0.25) is 11.8 Å². The number of amides is 2. The van der Waals surface area contributed by atoms with E-state index in [9.17, 15) is 18.0 Å². The zero-order valence-electron chi connectivity index (χ0n) is 19.5. The Labute approximate surface area is 200 Å². The summed E-state index contributed by atoms with van der Waals surface area (Å²) < 4.78 is 38.0. The maximum atomic E-state index is 13.7. The van der Waals surface area contributed by atoms with Crippen molar-refractivity contribution in [1.29, 1.82) is 0 Å². The molecule has 4 rings (SSSR count). The van der Waals surface area contributed by atoms with Crippen molar-refractivity contribution in [3.8, 4) is 11.5 Å². The highest BCUT2D eigenvalue weighted by atomic mass is 32.2. The van der Waals surface area contributed by atoms with Gasteiger partial charge in [-0.05, 0) is 42.7 Å². The number of benzene rings is 2. The quantitative estimate of drug-likeness (QED) is 0.672. The number of hydrogen-bond acceptors (Lipinski definition) is 6. The molecule has 1 unspecified atom stereocenters. The van der Waals surface area contributed by atoms with Gasteiger partial charge in [-0.1, -0.05) is 37.5 Å². The van der Waals surface area contributed by atoms with Crippen molar-refractivity contribution in [1.82, 2.24) is 5.32 Å². The molecule has 34 heavy (non-hydrogen) atoms. The van der Waals surface area contributed by atoms with Gasteiger partial charge < -0.3 is 19.7 Å². The van der Waals surface area contributed by atoms with Crippen LogP contribution in [0.1, 0.15) is 49.3 Å². The maximum Gasteiger partial charge on any atom is 0.240 e. The molecule has 8 nitrogen and oxygen atoms in total. The number of nitrogens with zero attached hydrogens (tertiary/aromatic N) is 1. The summed E-state index contributed by atoms with van der Waals surface area (Å²) in [5.41, 5.74) is 0.656. The van der Waals surface area contributed by atoms with Crippen molar-refractivity contribution in [3.63, 3.8) is 0 Å². The summed E-state index contributed by atoms with van der Waals surface area (Å²) in [7, 11) is -0.972. The number of para-hydroxylation sites is 1. The van der Waals surface area contributed by atoms with Crippen molar-refractivity contribution in [2.24, 2.45) is 0 Å². The summed E-state index contributed by atoms with van der Waals surface area (Å²) in [5, 5.41) is 1.90. The zero-order chi connectivity index (χ0) is 24.3. The van der Waals surface area contributed by atoms with Crippen LogP contribution in [-0.2, 0) is 19.4 Å². The highest BCUT2D eigenvalue weighted by molar-refractivity contribution is 7.92. The molecule has 1 fully saturated rings. The van der Waals surface area contributed by atoms with Crippen molar-refractivity contribution >= 4 is 27.3 Å². The smallest absolute Gasteiger partial charge is 0.240 e. The Bertz CT molecular complexity index is 1170. The number of ether oxygens (including phenoxy) is 2.